The minimum atomic E-state index is -4.71. The average molecular weight is 304 g/mol. The lowest BCUT2D eigenvalue weighted by molar-refractivity contribution is -0.141. The van der Waals surface area contributed by atoms with Crippen LogP contribution in [-0.2, 0) is 11.0 Å². The highest BCUT2D eigenvalue weighted by molar-refractivity contribution is 5.80. The zero-order chi connectivity index (χ0) is 15.5. The van der Waals surface area contributed by atoms with Gasteiger partial charge >= 0.3 is 6.18 Å². The van der Waals surface area contributed by atoms with Crippen molar-refractivity contribution in [2.24, 2.45) is 0 Å². The van der Waals surface area contributed by atoms with Crippen LogP contribution in [0.1, 0.15) is 25.0 Å². The number of halogens is 3. The summed E-state index contributed by atoms with van der Waals surface area (Å²) in [4.78, 5) is 30.1. The monoisotopic (exact) mass is 304 g/mol. The largest absolute Gasteiger partial charge is 0.433 e. The van der Waals surface area contributed by atoms with E-state index in [0.717, 1.165) is 19.3 Å². The predicted octanol–water partition coefficient (Wildman–Crippen LogP) is 1.21. The number of carbonyl (C=O) groups is 1. The molecular weight excluding hydrogens is 289 g/mol. The van der Waals surface area contributed by atoms with E-state index in [-0.39, 0.29) is 18.4 Å². The fourth-order valence-electron chi connectivity index (χ4n) is 2.10. The number of amides is 1. The van der Waals surface area contributed by atoms with Gasteiger partial charge in [-0.2, -0.15) is 13.2 Å². The molecule has 2 N–H and O–H groups in total. The van der Waals surface area contributed by atoms with Crippen molar-refractivity contribution in [1.82, 2.24) is 14.9 Å². The van der Waals surface area contributed by atoms with Gasteiger partial charge in [0, 0.05) is 19.2 Å². The third kappa shape index (κ3) is 4.20. The van der Waals surface area contributed by atoms with Crippen molar-refractivity contribution in [3.05, 3.63) is 22.1 Å². The number of H-pyrrole nitrogens is 1. The Hall–Kier alpha value is -2.06. The Labute approximate surface area is 118 Å². The Morgan fingerprint density at radius 3 is 2.62 bits per heavy atom. The third-order valence-electron chi connectivity index (χ3n) is 3.15. The van der Waals surface area contributed by atoms with Crippen LogP contribution in [0.25, 0.3) is 0 Å². The number of rotatable bonds is 3. The Balaban J connectivity index is 2.01. The van der Waals surface area contributed by atoms with Crippen molar-refractivity contribution >= 4 is 11.9 Å². The smallest absolute Gasteiger partial charge is 0.347 e. The molecule has 116 valence electrons. The summed E-state index contributed by atoms with van der Waals surface area (Å²) >= 11 is 0. The van der Waals surface area contributed by atoms with Crippen LogP contribution in [0.15, 0.2) is 10.9 Å². The van der Waals surface area contributed by atoms with Gasteiger partial charge in [0.15, 0.2) is 5.69 Å². The van der Waals surface area contributed by atoms with Gasteiger partial charge in [-0.1, -0.05) is 0 Å². The van der Waals surface area contributed by atoms with Crippen LogP contribution in [0, 0.1) is 0 Å². The number of alkyl halides is 3. The van der Waals surface area contributed by atoms with Gasteiger partial charge in [0.05, 0.1) is 6.54 Å². The fraction of sp³-hybridized carbons (Fsp3) is 0.583. The lowest BCUT2D eigenvalue weighted by Gasteiger charge is -2.26. The summed E-state index contributed by atoms with van der Waals surface area (Å²) in [5.74, 6) is -0.588. The van der Waals surface area contributed by atoms with Gasteiger partial charge in [0.1, 0.15) is 0 Å². The summed E-state index contributed by atoms with van der Waals surface area (Å²) in [6.07, 6.45) is -1.80. The molecule has 0 saturated carbocycles. The molecular formula is C12H15F3N4O2. The molecule has 0 atom stereocenters. The Morgan fingerprint density at radius 1 is 1.33 bits per heavy atom. The van der Waals surface area contributed by atoms with E-state index in [9.17, 15) is 22.8 Å². The van der Waals surface area contributed by atoms with Crippen LogP contribution in [0.3, 0.4) is 0 Å². The number of likely N-dealkylation sites (tertiary alicyclic amines) is 1. The maximum atomic E-state index is 12.5. The van der Waals surface area contributed by atoms with Crippen molar-refractivity contribution in [1.29, 1.82) is 0 Å². The normalized spacial score (nSPS) is 15.9. The van der Waals surface area contributed by atoms with Crippen LogP contribution >= 0.6 is 0 Å². The van der Waals surface area contributed by atoms with Crippen LogP contribution < -0.4 is 10.9 Å². The van der Waals surface area contributed by atoms with Gasteiger partial charge < -0.3 is 10.2 Å². The molecule has 1 aliphatic heterocycles. The average Bonchev–Trinajstić information content (AvgIpc) is 2.44. The van der Waals surface area contributed by atoms with E-state index in [2.05, 4.69) is 15.3 Å². The minimum Gasteiger partial charge on any atom is -0.347 e. The Bertz CT molecular complexity index is 564. The summed E-state index contributed by atoms with van der Waals surface area (Å²) in [5, 5.41) is 2.44. The molecule has 0 aromatic carbocycles. The number of nitrogens with zero attached hydrogens (tertiary/aromatic N) is 2. The van der Waals surface area contributed by atoms with Gasteiger partial charge in [-0.05, 0) is 19.3 Å². The molecule has 0 spiro atoms. The van der Waals surface area contributed by atoms with Crippen molar-refractivity contribution in [3.63, 3.8) is 0 Å². The molecule has 0 aliphatic carbocycles. The number of carbonyl (C=O) groups excluding carboxylic acids is 1. The van der Waals surface area contributed by atoms with Crippen LogP contribution in [0.5, 0.6) is 0 Å². The molecule has 2 rings (SSSR count). The predicted molar refractivity (Wildman–Crippen MR) is 68.8 cm³/mol. The summed E-state index contributed by atoms with van der Waals surface area (Å²) in [6.45, 7) is 1.09. The van der Waals surface area contributed by atoms with Gasteiger partial charge in [-0.3, -0.25) is 14.6 Å². The first kappa shape index (κ1) is 15.3. The summed E-state index contributed by atoms with van der Waals surface area (Å²) < 4.78 is 37.6. The highest BCUT2D eigenvalue weighted by atomic mass is 19.4. The van der Waals surface area contributed by atoms with E-state index in [1.807, 2.05) is 0 Å². The molecule has 1 amide bonds. The maximum Gasteiger partial charge on any atom is 0.433 e. The summed E-state index contributed by atoms with van der Waals surface area (Å²) in [5.41, 5.74) is -2.22. The van der Waals surface area contributed by atoms with E-state index in [4.69, 9.17) is 0 Å². The molecule has 1 fully saturated rings. The number of hydrogen-bond acceptors (Lipinski definition) is 4. The molecule has 1 aromatic rings. The Morgan fingerprint density at radius 2 is 2.00 bits per heavy atom. The molecule has 0 bridgehead atoms. The molecule has 0 unspecified atom stereocenters. The van der Waals surface area contributed by atoms with Gasteiger partial charge in [-0.25, -0.2) is 4.98 Å². The van der Waals surface area contributed by atoms with Crippen molar-refractivity contribution < 1.29 is 18.0 Å². The first-order valence-corrected chi connectivity index (χ1v) is 6.56. The quantitative estimate of drug-likeness (QED) is 0.880. The molecule has 1 saturated heterocycles. The molecule has 1 aliphatic rings. The van der Waals surface area contributed by atoms with Crippen molar-refractivity contribution in [2.75, 3.05) is 25.0 Å². The highest BCUT2D eigenvalue weighted by Gasteiger charge is 2.33. The summed E-state index contributed by atoms with van der Waals surface area (Å²) in [6, 6.07) is 0.373. The van der Waals surface area contributed by atoms with E-state index in [0.29, 0.717) is 19.2 Å². The molecule has 21 heavy (non-hydrogen) atoms. The first-order chi connectivity index (χ1) is 9.86. The zero-order valence-electron chi connectivity index (χ0n) is 11.2. The van der Waals surface area contributed by atoms with Crippen LogP contribution in [-0.4, -0.2) is 40.4 Å². The van der Waals surface area contributed by atoms with Gasteiger partial charge in [-0.15, -0.1) is 0 Å². The number of aromatic nitrogens is 2. The number of nitrogens with one attached hydrogen (secondary N) is 2. The first-order valence-electron chi connectivity index (χ1n) is 6.56. The second kappa shape index (κ2) is 6.15. The highest BCUT2D eigenvalue weighted by Crippen LogP contribution is 2.26. The van der Waals surface area contributed by atoms with E-state index in [1.165, 1.54) is 0 Å². The van der Waals surface area contributed by atoms with E-state index in [1.54, 1.807) is 4.90 Å². The minimum absolute atomic E-state index is 0.204. The number of aromatic amines is 1. The SMILES string of the molecule is O=C(CNc1nc(C(F)(F)F)cc(=O)[nH]1)N1CCCCC1. The topological polar surface area (TPSA) is 78.1 Å². The second-order valence-corrected chi connectivity index (χ2v) is 4.77. The lowest BCUT2D eigenvalue weighted by Crippen LogP contribution is -2.39. The number of hydrogen-bond donors (Lipinski definition) is 2. The Kier molecular flexibility index (Phi) is 4.49. The standard InChI is InChI=1S/C12H15F3N4O2/c13-12(14,15)8-6-9(20)18-11(17-8)16-7-10(21)19-4-2-1-3-5-19/h6H,1-5,7H2,(H2,16,17,18,20). The third-order valence-corrected chi connectivity index (χ3v) is 3.15. The molecule has 0 radical (unpaired) electrons. The van der Waals surface area contributed by atoms with Crippen LogP contribution in [0.2, 0.25) is 0 Å². The van der Waals surface area contributed by atoms with Crippen molar-refractivity contribution in [2.45, 2.75) is 25.4 Å². The van der Waals surface area contributed by atoms with Gasteiger partial charge in [0.25, 0.3) is 5.56 Å². The number of anilines is 1. The van der Waals surface area contributed by atoms with E-state index < -0.39 is 17.4 Å². The van der Waals surface area contributed by atoms with Gasteiger partial charge in [0.2, 0.25) is 11.9 Å². The molecule has 1 aromatic heterocycles. The van der Waals surface area contributed by atoms with Crippen molar-refractivity contribution in [3.8, 4) is 0 Å². The van der Waals surface area contributed by atoms with E-state index >= 15 is 0 Å². The maximum absolute atomic E-state index is 12.5. The zero-order valence-corrected chi connectivity index (χ0v) is 11.2. The molecule has 2 heterocycles. The lowest BCUT2D eigenvalue weighted by atomic mass is 10.1. The molecule has 9 heteroatoms. The second-order valence-electron chi connectivity index (χ2n) is 4.77. The van der Waals surface area contributed by atoms with Crippen LogP contribution in [0.4, 0.5) is 19.1 Å². The summed E-state index contributed by atoms with van der Waals surface area (Å²) in [7, 11) is 0. The molecule has 6 nitrogen and oxygen atoms in total. The number of piperidine rings is 1. The fourth-order valence-corrected chi connectivity index (χ4v) is 2.10.